The van der Waals surface area contributed by atoms with E-state index in [-0.39, 0.29) is 5.91 Å². The molecule has 0 aliphatic carbocycles. The van der Waals surface area contributed by atoms with Gasteiger partial charge in [-0.1, -0.05) is 11.6 Å². The van der Waals surface area contributed by atoms with E-state index in [4.69, 9.17) is 11.6 Å². The fourth-order valence-electron chi connectivity index (χ4n) is 7.52. The van der Waals surface area contributed by atoms with Gasteiger partial charge < -0.3 is 20.0 Å². The van der Waals surface area contributed by atoms with Crippen LogP contribution in [-0.2, 0) is 0 Å². The second-order valence-electron chi connectivity index (χ2n) is 12.3. The van der Waals surface area contributed by atoms with Crippen LogP contribution in [0.1, 0.15) is 54.9 Å². The molecule has 4 aliphatic heterocycles. The van der Waals surface area contributed by atoms with Gasteiger partial charge in [0.2, 0.25) is 0 Å². The summed E-state index contributed by atoms with van der Waals surface area (Å²) >= 11 is 6.35. The highest BCUT2D eigenvalue weighted by Gasteiger charge is 2.44. The first kappa shape index (κ1) is 27.4. The lowest BCUT2D eigenvalue weighted by molar-refractivity contribution is 0.0601. The predicted octanol–water partition coefficient (Wildman–Crippen LogP) is 4.61. The fourth-order valence-corrected chi connectivity index (χ4v) is 7.74. The largest absolute Gasteiger partial charge is 0.371 e. The number of piperidine rings is 2. The molecule has 1 atom stereocenters. The summed E-state index contributed by atoms with van der Waals surface area (Å²) in [7, 11) is 0. The van der Waals surface area contributed by atoms with Crippen molar-refractivity contribution in [2.75, 3.05) is 68.7 Å². The molecular formula is C32H41ClN6O. The zero-order valence-electron chi connectivity index (χ0n) is 23.6. The molecule has 0 unspecified atom stereocenters. The van der Waals surface area contributed by atoms with Gasteiger partial charge in [-0.15, -0.1) is 0 Å². The topological polar surface area (TPSA) is 65.9 Å². The standard InChI is InChI=1S/C32H41ClN6O/c1-24-21-32(23-39(24)29-7-4-26(22-34)30(33)20-29)10-16-36(17-11-32)27-5-2-25(3-6-27)31(40)38-14-8-28(9-15-38)37-18-12-35-13-19-37/h2-7,20,24,28,35H,8-19,21,23H2,1H3/t24-/m0/s1. The van der Waals surface area contributed by atoms with E-state index in [1.165, 1.54) is 12.1 Å². The average molecular weight is 561 g/mol. The number of carbonyl (C=O) groups is 1. The Labute approximate surface area is 243 Å². The van der Waals surface area contributed by atoms with Gasteiger partial charge in [0.15, 0.2) is 0 Å². The van der Waals surface area contributed by atoms with Crippen molar-refractivity contribution in [3.63, 3.8) is 0 Å². The first-order valence-electron chi connectivity index (χ1n) is 15.0. The summed E-state index contributed by atoms with van der Waals surface area (Å²) in [6.45, 7) is 11.5. The van der Waals surface area contributed by atoms with E-state index in [0.29, 0.717) is 28.1 Å². The Bertz CT molecular complexity index is 1240. The van der Waals surface area contributed by atoms with Gasteiger partial charge in [0.05, 0.1) is 10.6 Å². The Balaban J connectivity index is 1.02. The molecule has 0 saturated carbocycles. The van der Waals surface area contributed by atoms with Crippen LogP contribution in [0.15, 0.2) is 42.5 Å². The Morgan fingerprint density at radius 1 is 0.975 bits per heavy atom. The van der Waals surface area contributed by atoms with Crippen LogP contribution < -0.4 is 15.1 Å². The van der Waals surface area contributed by atoms with Gasteiger partial charge in [-0.05, 0) is 86.9 Å². The van der Waals surface area contributed by atoms with Crippen molar-refractivity contribution < 1.29 is 4.79 Å². The quantitative estimate of drug-likeness (QED) is 0.589. The van der Waals surface area contributed by atoms with E-state index < -0.39 is 0 Å². The van der Waals surface area contributed by atoms with Crippen molar-refractivity contribution in [2.24, 2.45) is 5.41 Å². The van der Waals surface area contributed by atoms with E-state index in [0.717, 1.165) is 95.8 Å². The molecule has 1 spiro atoms. The van der Waals surface area contributed by atoms with E-state index in [1.54, 1.807) is 0 Å². The number of benzene rings is 2. The van der Waals surface area contributed by atoms with E-state index in [1.807, 2.05) is 35.2 Å². The number of halogens is 1. The Hall–Kier alpha value is -2.79. The van der Waals surface area contributed by atoms with Crippen LogP contribution in [0.4, 0.5) is 11.4 Å². The molecule has 4 heterocycles. The molecule has 0 bridgehead atoms. The molecule has 7 nitrogen and oxygen atoms in total. The van der Waals surface area contributed by atoms with Crippen LogP contribution in [0.5, 0.6) is 0 Å². The van der Waals surface area contributed by atoms with Crippen molar-refractivity contribution >= 4 is 28.9 Å². The maximum Gasteiger partial charge on any atom is 0.253 e. The minimum atomic E-state index is 0.172. The van der Waals surface area contributed by atoms with E-state index >= 15 is 0 Å². The number of rotatable bonds is 4. The highest BCUT2D eigenvalue weighted by Crippen LogP contribution is 2.46. The van der Waals surface area contributed by atoms with Crippen LogP contribution in [-0.4, -0.2) is 86.7 Å². The average Bonchev–Trinajstić information content (AvgIpc) is 3.32. The summed E-state index contributed by atoms with van der Waals surface area (Å²) in [5.41, 5.74) is 3.97. The Kier molecular flexibility index (Phi) is 7.94. The molecular weight excluding hydrogens is 520 g/mol. The lowest BCUT2D eigenvalue weighted by Crippen LogP contribution is -2.52. The third kappa shape index (κ3) is 5.54. The van der Waals surface area contributed by atoms with E-state index in [9.17, 15) is 10.1 Å². The molecule has 2 aromatic rings. The number of nitrogens with zero attached hydrogens (tertiary/aromatic N) is 5. The maximum atomic E-state index is 13.2. The predicted molar refractivity (Wildman–Crippen MR) is 161 cm³/mol. The van der Waals surface area contributed by atoms with Crippen molar-refractivity contribution in [3.05, 3.63) is 58.6 Å². The number of likely N-dealkylation sites (tertiary alicyclic amines) is 1. The number of nitrogens with one attached hydrogen (secondary N) is 1. The van der Waals surface area contributed by atoms with Crippen molar-refractivity contribution in [2.45, 2.75) is 51.1 Å². The van der Waals surface area contributed by atoms with Crippen molar-refractivity contribution in [3.8, 4) is 6.07 Å². The molecule has 0 radical (unpaired) electrons. The van der Waals surface area contributed by atoms with Gasteiger partial charge in [-0.2, -0.15) is 5.26 Å². The van der Waals surface area contributed by atoms with Gasteiger partial charge in [-0.25, -0.2) is 0 Å². The van der Waals surface area contributed by atoms with E-state index in [2.05, 4.69) is 45.1 Å². The van der Waals surface area contributed by atoms with Crippen LogP contribution in [0.2, 0.25) is 5.02 Å². The second-order valence-corrected chi connectivity index (χ2v) is 12.7. The lowest BCUT2D eigenvalue weighted by atomic mass is 9.76. The molecule has 4 saturated heterocycles. The van der Waals surface area contributed by atoms with Gasteiger partial charge >= 0.3 is 0 Å². The summed E-state index contributed by atoms with van der Waals surface area (Å²) in [6, 6.07) is 17.4. The van der Waals surface area contributed by atoms with Gasteiger partial charge in [0, 0.05) is 87.9 Å². The highest BCUT2D eigenvalue weighted by atomic mass is 35.5. The highest BCUT2D eigenvalue weighted by molar-refractivity contribution is 6.32. The first-order chi connectivity index (χ1) is 19.4. The fraction of sp³-hybridized carbons (Fsp3) is 0.562. The third-order valence-electron chi connectivity index (χ3n) is 9.89. The summed E-state index contributed by atoms with van der Waals surface area (Å²) < 4.78 is 0. The molecule has 1 N–H and O–H groups in total. The smallest absolute Gasteiger partial charge is 0.253 e. The number of hydrogen-bond donors (Lipinski definition) is 1. The first-order valence-corrected chi connectivity index (χ1v) is 15.4. The summed E-state index contributed by atoms with van der Waals surface area (Å²) in [5.74, 6) is 0.172. The summed E-state index contributed by atoms with van der Waals surface area (Å²) in [6.07, 6.45) is 5.64. The number of amides is 1. The van der Waals surface area contributed by atoms with Crippen LogP contribution in [0.25, 0.3) is 0 Å². The number of anilines is 2. The number of carbonyl (C=O) groups excluding carboxylic acids is 1. The zero-order valence-corrected chi connectivity index (χ0v) is 24.4. The Morgan fingerprint density at radius 2 is 1.65 bits per heavy atom. The molecule has 2 aromatic carbocycles. The van der Waals surface area contributed by atoms with Crippen LogP contribution >= 0.6 is 11.6 Å². The van der Waals surface area contributed by atoms with Crippen LogP contribution in [0, 0.1) is 16.7 Å². The normalized spacial score (nSPS) is 23.9. The van der Waals surface area contributed by atoms with Gasteiger partial charge in [-0.3, -0.25) is 9.69 Å². The summed E-state index contributed by atoms with van der Waals surface area (Å²) in [4.78, 5) is 22.8. The molecule has 0 aromatic heterocycles. The maximum absolute atomic E-state index is 13.2. The molecule has 1 amide bonds. The number of nitriles is 1. The minimum Gasteiger partial charge on any atom is -0.371 e. The van der Waals surface area contributed by atoms with Crippen molar-refractivity contribution in [1.82, 2.24) is 15.1 Å². The monoisotopic (exact) mass is 560 g/mol. The van der Waals surface area contributed by atoms with Crippen molar-refractivity contribution in [1.29, 1.82) is 5.26 Å². The lowest BCUT2D eigenvalue weighted by Gasteiger charge is -2.41. The summed E-state index contributed by atoms with van der Waals surface area (Å²) in [5, 5.41) is 13.2. The molecule has 40 heavy (non-hydrogen) atoms. The van der Waals surface area contributed by atoms with Crippen LogP contribution in [0.3, 0.4) is 0 Å². The second kappa shape index (κ2) is 11.6. The zero-order chi connectivity index (χ0) is 27.7. The van der Waals surface area contributed by atoms with Gasteiger partial charge in [0.25, 0.3) is 5.91 Å². The number of hydrogen-bond acceptors (Lipinski definition) is 6. The molecule has 8 heteroatoms. The minimum absolute atomic E-state index is 0.172. The Morgan fingerprint density at radius 3 is 2.30 bits per heavy atom. The molecule has 4 aliphatic rings. The SMILES string of the molecule is C[C@H]1CC2(CCN(c3ccc(C(=O)N4CCC(N5CCNCC5)CC4)cc3)CC2)CN1c1ccc(C#N)c(Cl)c1. The third-order valence-corrected chi connectivity index (χ3v) is 10.2. The van der Waals surface area contributed by atoms with Gasteiger partial charge in [0.1, 0.15) is 6.07 Å². The molecule has 4 fully saturated rings. The molecule has 212 valence electrons. The molecule has 6 rings (SSSR count). The number of piperazine rings is 1.